The Kier molecular flexibility index (Phi) is 8.91. The van der Waals surface area contributed by atoms with Crippen molar-refractivity contribution in [3.8, 4) is 0 Å². The van der Waals surface area contributed by atoms with Crippen LogP contribution in [0.3, 0.4) is 0 Å². The molecule has 4 heteroatoms. The second-order valence-electron chi connectivity index (χ2n) is 3.73. The molecule has 1 unspecified atom stereocenters. The largest absolute Gasteiger partial charge is 0.345 e. The quantitative estimate of drug-likeness (QED) is 0.645. The molecule has 0 aromatic carbocycles. The zero-order valence-electron chi connectivity index (χ0n) is 10.4. The molecule has 15 heavy (non-hydrogen) atoms. The van der Waals surface area contributed by atoms with E-state index in [0.717, 1.165) is 19.5 Å². The normalized spacial score (nSPS) is 12.5. The van der Waals surface area contributed by atoms with Crippen molar-refractivity contribution in [3.05, 3.63) is 0 Å². The van der Waals surface area contributed by atoms with Crippen LogP contribution in [0.1, 0.15) is 26.7 Å². The van der Waals surface area contributed by atoms with E-state index < -0.39 is 0 Å². The number of carbonyl (C=O) groups excluding carboxylic acids is 1. The van der Waals surface area contributed by atoms with Gasteiger partial charge in [-0.3, -0.25) is 4.79 Å². The van der Waals surface area contributed by atoms with Crippen LogP contribution in [0, 0.1) is 0 Å². The van der Waals surface area contributed by atoms with Crippen molar-refractivity contribution < 1.29 is 4.79 Å². The lowest BCUT2D eigenvalue weighted by Gasteiger charge is -2.20. The molecule has 0 aromatic heterocycles. The number of nitrogens with one attached hydrogen (secondary N) is 1. The molecule has 0 aliphatic carbocycles. The van der Waals surface area contributed by atoms with Crippen molar-refractivity contribution in [1.82, 2.24) is 10.2 Å². The zero-order valence-corrected chi connectivity index (χ0v) is 11.2. The molecule has 1 amide bonds. The van der Waals surface area contributed by atoms with E-state index in [1.807, 2.05) is 32.7 Å². The summed E-state index contributed by atoms with van der Waals surface area (Å²) in [7, 11) is 1.84. The summed E-state index contributed by atoms with van der Waals surface area (Å²) < 4.78 is 0. The van der Waals surface area contributed by atoms with Gasteiger partial charge >= 0.3 is 0 Å². The highest BCUT2D eigenvalue weighted by Crippen LogP contribution is 1.98. The molecule has 3 nitrogen and oxygen atoms in total. The summed E-state index contributed by atoms with van der Waals surface area (Å²) >= 11 is 1.87. The van der Waals surface area contributed by atoms with Crippen molar-refractivity contribution in [2.24, 2.45) is 0 Å². The number of hydrogen-bond donors (Lipinski definition) is 1. The van der Waals surface area contributed by atoms with Crippen molar-refractivity contribution in [2.45, 2.75) is 32.7 Å². The molecule has 90 valence electrons. The maximum atomic E-state index is 11.7. The predicted octanol–water partition coefficient (Wildman–Crippen LogP) is 1.59. The Morgan fingerprint density at radius 1 is 1.47 bits per heavy atom. The van der Waals surface area contributed by atoms with E-state index in [4.69, 9.17) is 0 Å². The topological polar surface area (TPSA) is 32.3 Å². The molecule has 0 radical (unpaired) electrons. The number of thioether (sulfide) groups is 1. The minimum absolute atomic E-state index is 0.0516. The van der Waals surface area contributed by atoms with Crippen LogP contribution in [-0.4, -0.2) is 49.0 Å². The third-order valence-electron chi connectivity index (χ3n) is 2.45. The number of carbonyl (C=O) groups is 1. The van der Waals surface area contributed by atoms with Crippen LogP contribution >= 0.6 is 11.8 Å². The molecule has 0 aliphatic rings. The fourth-order valence-electron chi connectivity index (χ4n) is 1.26. The summed E-state index contributed by atoms with van der Waals surface area (Å²) in [4.78, 5) is 13.4. The highest BCUT2D eigenvalue weighted by atomic mass is 32.2. The van der Waals surface area contributed by atoms with Gasteiger partial charge in [-0.15, -0.1) is 0 Å². The summed E-state index contributed by atoms with van der Waals surface area (Å²) in [5.74, 6) is 1.39. The molecule has 0 saturated heterocycles. The molecule has 0 heterocycles. The van der Waals surface area contributed by atoms with Gasteiger partial charge < -0.3 is 10.2 Å². The monoisotopic (exact) mass is 232 g/mol. The van der Waals surface area contributed by atoms with Gasteiger partial charge in [0.2, 0.25) is 5.91 Å². The predicted molar refractivity (Wildman–Crippen MR) is 68.4 cm³/mol. The van der Waals surface area contributed by atoms with E-state index in [1.54, 1.807) is 4.90 Å². The molecular weight excluding hydrogens is 208 g/mol. The van der Waals surface area contributed by atoms with Gasteiger partial charge in [0.05, 0.1) is 6.04 Å². The molecule has 0 rings (SSSR count). The Balaban J connectivity index is 3.55. The lowest BCUT2D eigenvalue weighted by Crippen LogP contribution is -2.43. The first-order chi connectivity index (χ1) is 7.13. The lowest BCUT2D eigenvalue weighted by atomic mass is 10.2. The minimum atomic E-state index is -0.0516. The molecule has 0 aromatic rings. The van der Waals surface area contributed by atoms with Gasteiger partial charge in [-0.05, 0) is 45.2 Å². The fraction of sp³-hybridized carbons (Fsp3) is 0.909. The first kappa shape index (κ1) is 14.8. The van der Waals surface area contributed by atoms with Gasteiger partial charge in [-0.1, -0.05) is 0 Å². The van der Waals surface area contributed by atoms with E-state index in [1.165, 1.54) is 12.2 Å². The van der Waals surface area contributed by atoms with E-state index >= 15 is 0 Å². The van der Waals surface area contributed by atoms with Crippen LogP contribution < -0.4 is 5.32 Å². The average Bonchev–Trinajstić information content (AvgIpc) is 2.26. The van der Waals surface area contributed by atoms with Crippen molar-refractivity contribution in [1.29, 1.82) is 0 Å². The van der Waals surface area contributed by atoms with Gasteiger partial charge in [-0.2, -0.15) is 11.8 Å². The van der Waals surface area contributed by atoms with Gasteiger partial charge in [0.15, 0.2) is 0 Å². The summed E-state index contributed by atoms with van der Waals surface area (Å²) in [5, 5.41) is 3.26. The van der Waals surface area contributed by atoms with E-state index in [-0.39, 0.29) is 11.9 Å². The number of hydrogen-bond acceptors (Lipinski definition) is 3. The summed E-state index contributed by atoms with van der Waals surface area (Å²) in [6.07, 6.45) is 4.49. The van der Waals surface area contributed by atoms with Gasteiger partial charge in [0.1, 0.15) is 0 Å². The molecular formula is C11H24N2OS. The molecule has 0 saturated carbocycles. The van der Waals surface area contributed by atoms with Crippen LogP contribution in [0.25, 0.3) is 0 Å². The molecule has 0 fully saturated rings. The summed E-state index contributed by atoms with van der Waals surface area (Å²) in [6.45, 7) is 5.63. The minimum Gasteiger partial charge on any atom is -0.345 e. The third kappa shape index (κ3) is 6.79. The SMILES string of the molecule is CCN(C)C(=O)C(C)NCCCCSC. The maximum absolute atomic E-state index is 11.7. The van der Waals surface area contributed by atoms with E-state index in [9.17, 15) is 4.79 Å². The van der Waals surface area contributed by atoms with Crippen LogP contribution in [0.4, 0.5) is 0 Å². The standard InChI is InChI=1S/C11H24N2OS/c1-5-13(3)11(14)10(2)12-8-6-7-9-15-4/h10,12H,5-9H2,1-4H3. The Morgan fingerprint density at radius 3 is 2.67 bits per heavy atom. The van der Waals surface area contributed by atoms with Gasteiger partial charge in [0, 0.05) is 13.6 Å². The average molecular weight is 232 g/mol. The Bertz CT molecular complexity index is 176. The summed E-state index contributed by atoms with van der Waals surface area (Å²) in [5.41, 5.74) is 0. The van der Waals surface area contributed by atoms with Crippen LogP contribution in [0.15, 0.2) is 0 Å². The molecule has 1 atom stereocenters. The van der Waals surface area contributed by atoms with Crippen LogP contribution in [0.2, 0.25) is 0 Å². The highest BCUT2D eigenvalue weighted by Gasteiger charge is 2.14. The van der Waals surface area contributed by atoms with Crippen molar-refractivity contribution >= 4 is 17.7 Å². The smallest absolute Gasteiger partial charge is 0.239 e. The molecule has 0 aliphatic heterocycles. The number of unbranched alkanes of at least 4 members (excludes halogenated alkanes) is 1. The first-order valence-corrected chi connectivity index (χ1v) is 7.00. The second kappa shape index (κ2) is 9.04. The highest BCUT2D eigenvalue weighted by molar-refractivity contribution is 7.98. The van der Waals surface area contributed by atoms with Gasteiger partial charge in [0.25, 0.3) is 0 Å². The first-order valence-electron chi connectivity index (χ1n) is 5.60. The number of amides is 1. The maximum Gasteiger partial charge on any atom is 0.239 e. The number of rotatable bonds is 8. The Morgan fingerprint density at radius 2 is 2.13 bits per heavy atom. The zero-order chi connectivity index (χ0) is 11.7. The molecule has 0 bridgehead atoms. The second-order valence-corrected chi connectivity index (χ2v) is 4.71. The molecule has 1 N–H and O–H groups in total. The Hall–Kier alpha value is -0.220. The number of nitrogens with zero attached hydrogens (tertiary/aromatic N) is 1. The third-order valence-corrected chi connectivity index (χ3v) is 3.14. The lowest BCUT2D eigenvalue weighted by molar-refractivity contribution is -0.131. The van der Waals surface area contributed by atoms with Crippen molar-refractivity contribution in [2.75, 3.05) is 32.1 Å². The van der Waals surface area contributed by atoms with E-state index in [0.29, 0.717) is 0 Å². The van der Waals surface area contributed by atoms with Crippen LogP contribution in [-0.2, 0) is 4.79 Å². The Labute approximate surface area is 98.0 Å². The number of likely N-dealkylation sites (N-methyl/N-ethyl adjacent to an activating group) is 1. The van der Waals surface area contributed by atoms with Crippen LogP contribution in [0.5, 0.6) is 0 Å². The van der Waals surface area contributed by atoms with Crippen molar-refractivity contribution in [3.63, 3.8) is 0 Å². The summed E-state index contributed by atoms with van der Waals surface area (Å²) in [6, 6.07) is -0.0516. The fourth-order valence-corrected chi connectivity index (χ4v) is 1.76. The van der Waals surface area contributed by atoms with Gasteiger partial charge in [-0.25, -0.2) is 0 Å². The molecule has 0 spiro atoms. The van der Waals surface area contributed by atoms with E-state index in [2.05, 4.69) is 11.6 Å².